The fourth-order valence-corrected chi connectivity index (χ4v) is 1.38. The zero-order chi connectivity index (χ0) is 7.19. The Balaban J connectivity index is 2.53. The Hall–Kier alpha value is -1.05. The summed E-state index contributed by atoms with van der Waals surface area (Å²) in [6.07, 6.45) is 3.70. The van der Waals surface area contributed by atoms with Gasteiger partial charge in [-0.1, -0.05) is 0 Å². The van der Waals surface area contributed by atoms with Crippen LogP contribution in [0.1, 0.15) is 19.4 Å². The van der Waals surface area contributed by atoms with E-state index in [4.69, 9.17) is 0 Å². The molecule has 2 rings (SSSR count). The van der Waals surface area contributed by atoms with E-state index in [-0.39, 0.29) is 5.54 Å². The maximum atomic E-state index is 4.00. The molecule has 2 heterocycles. The van der Waals surface area contributed by atoms with E-state index in [1.165, 1.54) is 11.3 Å². The molecule has 2 heteroatoms. The van der Waals surface area contributed by atoms with E-state index in [0.29, 0.717) is 0 Å². The minimum Gasteiger partial charge on any atom is -0.374 e. The van der Waals surface area contributed by atoms with Gasteiger partial charge in [-0.05, 0) is 19.9 Å². The number of nitrogens with one attached hydrogen (secondary N) is 1. The molecule has 0 spiro atoms. The topological polar surface area (TPSA) is 24.9 Å². The molecule has 0 radical (unpaired) electrons. The van der Waals surface area contributed by atoms with Crippen LogP contribution in [0.5, 0.6) is 0 Å². The van der Waals surface area contributed by atoms with E-state index in [9.17, 15) is 0 Å². The van der Waals surface area contributed by atoms with Crippen molar-refractivity contribution in [2.75, 3.05) is 5.32 Å². The highest BCUT2D eigenvalue weighted by atomic mass is 15.0. The van der Waals surface area contributed by atoms with Crippen LogP contribution in [0.4, 0.5) is 5.69 Å². The third-order valence-corrected chi connectivity index (χ3v) is 1.94. The van der Waals surface area contributed by atoms with Crippen molar-refractivity contribution in [3.63, 3.8) is 0 Å². The Morgan fingerprint density at radius 1 is 1.50 bits per heavy atom. The number of hydrogen-bond donors (Lipinski definition) is 1. The van der Waals surface area contributed by atoms with Crippen LogP contribution in [0.25, 0.3) is 0 Å². The zero-order valence-corrected chi connectivity index (χ0v) is 6.18. The first kappa shape index (κ1) is 5.71. The molecule has 0 unspecified atom stereocenters. The summed E-state index contributed by atoms with van der Waals surface area (Å²) in [5, 5.41) is 3.30. The lowest BCUT2D eigenvalue weighted by Crippen LogP contribution is -2.38. The zero-order valence-electron chi connectivity index (χ0n) is 6.18. The van der Waals surface area contributed by atoms with Gasteiger partial charge >= 0.3 is 0 Å². The van der Waals surface area contributed by atoms with Gasteiger partial charge in [0.25, 0.3) is 0 Å². The minimum absolute atomic E-state index is 0.165. The van der Waals surface area contributed by atoms with Gasteiger partial charge in [0.05, 0.1) is 17.4 Å². The molecule has 0 aromatic carbocycles. The third-order valence-electron chi connectivity index (χ3n) is 1.94. The van der Waals surface area contributed by atoms with E-state index < -0.39 is 0 Å². The molecular formula is C8H10N2. The van der Waals surface area contributed by atoms with Crippen LogP contribution in [0.3, 0.4) is 0 Å². The number of aromatic nitrogens is 1. The number of rotatable bonds is 0. The highest BCUT2D eigenvalue weighted by Crippen LogP contribution is 2.39. The molecular weight excluding hydrogens is 124 g/mol. The Bertz CT molecular complexity index is 266. The van der Waals surface area contributed by atoms with Crippen LogP contribution in [-0.2, 0) is 5.54 Å². The largest absolute Gasteiger partial charge is 0.374 e. The average molecular weight is 134 g/mol. The lowest BCUT2D eigenvalue weighted by Gasteiger charge is -2.39. The minimum atomic E-state index is 0.165. The van der Waals surface area contributed by atoms with E-state index >= 15 is 0 Å². The SMILES string of the molecule is CC1(C)Nc2cnccc21. The van der Waals surface area contributed by atoms with Crippen molar-refractivity contribution >= 4 is 5.69 Å². The van der Waals surface area contributed by atoms with Gasteiger partial charge in [-0.25, -0.2) is 0 Å². The first-order chi connectivity index (χ1) is 4.70. The fraction of sp³-hybridized carbons (Fsp3) is 0.375. The average Bonchev–Trinajstić information content (AvgIpc) is 1.86. The molecule has 0 atom stereocenters. The predicted molar refractivity (Wildman–Crippen MR) is 40.9 cm³/mol. The molecule has 52 valence electrons. The quantitative estimate of drug-likeness (QED) is 0.584. The second-order valence-electron chi connectivity index (χ2n) is 3.17. The van der Waals surface area contributed by atoms with Gasteiger partial charge in [0.15, 0.2) is 0 Å². The molecule has 0 fully saturated rings. The molecule has 1 aliphatic heterocycles. The maximum absolute atomic E-state index is 4.00. The van der Waals surface area contributed by atoms with E-state index in [0.717, 1.165) is 0 Å². The molecule has 0 saturated carbocycles. The number of pyridine rings is 1. The summed E-state index contributed by atoms with van der Waals surface area (Å²) in [6.45, 7) is 4.32. The van der Waals surface area contributed by atoms with Crippen molar-refractivity contribution in [2.45, 2.75) is 19.4 Å². The van der Waals surface area contributed by atoms with Crippen molar-refractivity contribution in [3.05, 3.63) is 24.0 Å². The molecule has 1 aromatic rings. The molecule has 0 bridgehead atoms. The van der Waals surface area contributed by atoms with Crippen molar-refractivity contribution < 1.29 is 0 Å². The fourth-order valence-electron chi connectivity index (χ4n) is 1.38. The van der Waals surface area contributed by atoms with E-state index in [1.54, 1.807) is 0 Å². The van der Waals surface area contributed by atoms with Gasteiger partial charge in [0.2, 0.25) is 0 Å². The Morgan fingerprint density at radius 2 is 2.30 bits per heavy atom. The van der Waals surface area contributed by atoms with Crippen molar-refractivity contribution in [1.82, 2.24) is 4.98 Å². The molecule has 0 aliphatic carbocycles. The van der Waals surface area contributed by atoms with Crippen molar-refractivity contribution in [1.29, 1.82) is 0 Å². The second-order valence-corrected chi connectivity index (χ2v) is 3.17. The predicted octanol–water partition coefficient (Wildman–Crippen LogP) is 1.74. The van der Waals surface area contributed by atoms with Gasteiger partial charge in [0, 0.05) is 11.8 Å². The summed E-state index contributed by atoms with van der Waals surface area (Å²) in [6, 6.07) is 2.06. The Labute approximate surface area is 60.3 Å². The van der Waals surface area contributed by atoms with Crippen molar-refractivity contribution in [3.8, 4) is 0 Å². The van der Waals surface area contributed by atoms with Gasteiger partial charge in [-0.2, -0.15) is 0 Å². The van der Waals surface area contributed by atoms with E-state index in [2.05, 4.69) is 30.2 Å². The normalized spacial score (nSPS) is 18.6. The lowest BCUT2D eigenvalue weighted by molar-refractivity contribution is 0.562. The summed E-state index contributed by atoms with van der Waals surface area (Å²) in [7, 11) is 0. The van der Waals surface area contributed by atoms with Gasteiger partial charge < -0.3 is 5.32 Å². The Morgan fingerprint density at radius 3 is 2.80 bits per heavy atom. The standard InChI is InChI=1S/C8H10N2/c1-8(2)6-3-4-9-5-7(6)10-8/h3-5,10H,1-2H3. The molecule has 0 saturated heterocycles. The van der Waals surface area contributed by atoms with Gasteiger partial charge in [-0.3, -0.25) is 4.98 Å². The number of anilines is 1. The highest BCUT2D eigenvalue weighted by Gasteiger charge is 2.32. The van der Waals surface area contributed by atoms with Crippen molar-refractivity contribution in [2.24, 2.45) is 0 Å². The summed E-state index contributed by atoms with van der Waals surface area (Å²) in [5.74, 6) is 0. The molecule has 2 nitrogen and oxygen atoms in total. The Kier molecular flexibility index (Phi) is 0.862. The van der Waals surface area contributed by atoms with Gasteiger partial charge in [0.1, 0.15) is 0 Å². The van der Waals surface area contributed by atoms with E-state index in [1.807, 2.05) is 12.4 Å². The summed E-state index contributed by atoms with van der Waals surface area (Å²) in [5.41, 5.74) is 2.70. The molecule has 0 amide bonds. The monoisotopic (exact) mass is 134 g/mol. The molecule has 10 heavy (non-hydrogen) atoms. The third kappa shape index (κ3) is 0.561. The van der Waals surface area contributed by atoms with Crippen LogP contribution < -0.4 is 5.32 Å². The number of nitrogens with zero attached hydrogens (tertiary/aromatic N) is 1. The number of hydrogen-bond acceptors (Lipinski definition) is 2. The molecule has 1 aliphatic rings. The maximum Gasteiger partial charge on any atom is 0.0591 e. The first-order valence-electron chi connectivity index (χ1n) is 3.43. The molecule has 1 N–H and O–H groups in total. The van der Waals surface area contributed by atoms with Crippen LogP contribution >= 0.6 is 0 Å². The highest BCUT2D eigenvalue weighted by molar-refractivity contribution is 5.64. The smallest absolute Gasteiger partial charge is 0.0591 e. The summed E-state index contributed by atoms with van der Waals surface area (Å²) < 4.78 is 0. The number of fused-ring (bicyclic) bond motifs is 1. The van der Waals surface area contributed by atoms with Crippen LogP contribution in [0.2, 0.25) is 0 Å². The van der Waals surface area contributed by atoms with Crippen LogP contribution in [0.15, 0.2) is 18.5 Å². The molecule has 1 aromatic heterocycles. The lowest BCUT2D eigenvalue weighted by atomic mass is 9.86. The first-order valence-corrected chi connectivity index (χ1v) is 3.43. The second kappa shape index (κ2) is 1.51. The van der Waals surface area contributed by atoms with Crippen LogP contribution in [-0.4, -0.2) is 4.98 Å². The van der Waals surface area contributed by atoms with Gasteiger partial charge in [-0.15, -0.1) is 0 Å². The van der Waals surface area contributed by atoms with Crippen LogP contribution in [0, 0.1) is 0 Å². The summed E-state index contributed by atoms with van der Waals surface area (Å²) >= 11 is 0. The summed E-state index contributed by atoms with van der Waals surface area (Å²) in [4.78, 5) is 4.00.